The summed E-state index contributed by atoms with van der Waals surface area (Å²) in [5.74, 6) is 4.15. The molecule has 0 atom stereocenters. The Bertz CT molecular complexity index is 783. The normalized spacial score (nSPS) is 11.7. The molecule has 0 amide bonds. The minimum absolute atomic E-state index is 0. The van der Waals surface area contributed by atoms with Crippen LogP contribution in [0.3, 0.4) is 0 Å². The van der Waals surface area contributed by atoms with Crippen LogP contribution in [-0.2, 0) is 27.2 Å². The number of halogens is 1. The van der Waals surface area contributed by atoms with Gasteiger partial charge in [-0.15, -0.1) is 34.2 Å². The first-order valence-electron chi connectivity index (χ1n) is 9.69. The number of aliphatic imine (C=N–C) groups is 1. The monoisotopic (exact) mass is 534 g/mol. The lowest BCUT2D eigenvalue weighted by Gasteiger charge is -2.23. The molecule has 0 saturated heterocycles. The number of thioether (sulfide) groups is 1. The lowest BCUT2D eigenvalue weighted by Crippen LogP contribution is -2.39. The van der Waals surface area contributed by atoms with E-state index in [4.69, 9.17) is 4.99 Å². The fourth-order valence-electron chi connectivity index (χ4n) is 2.96. The Balaban J connectivity index is 0.00000420. The van der Waals surface area contributed by atoms with Crippen molar-refractivity contribution in [2.45, 2.75) is 46.2 Å². The SMILES string of the molecule is CSCCCNC(=NCc1nnc(C)n1C)N(C)Cc1cn(C)nc1C(C)C.I. The molecule has 2 rings (SSSR count). The van der Waals surface area contributed by atoms with Crippen LogP contribution in [0.4, 0.5) is 0 Å². The van der Waals surface area contributed by atoms with Crippen molar-refractivity contribution in [3.63, 3.8) is 0 Å². The van der Waals surface area contributed by atoms with Crippen molar-refractivity contribution < 1.29 is 0 Å². The molecule has 0 aromatic carbocycles. The highest BCUT2D eigenvalue weighted by molar-refractivity contribution is 14.0. The molecule has 2 aromatic rings. The first kappa shape index (κ1) is 25.7. The van der Waals surface area contributed by atoms with Crippen molar-refractivity contribution in [3.8, 4) is 0 Å². The number of nitrogens with one attached hydrogen (secondary N) is 1. The average Bonchev–Trinajstić information content (AvgIpc) is 3.17. The van der Waals surface area contributed by atoms with Crippen molar-refractivity contribution in [2.24, 2.45) is 19.1 Å². The molecule has 0 spiro atoms. The Kier molecular flexibility index (Phi) is 11.0. The molecule has 1 N–H and O–H groups in total. The van der Waals surface area contributed by atoms with Gasteiger partial charge in [-0.3, -0.25) is 4.68 Å². The molecule has 2 heterocycles. The van der Waals surface area contributed by atoms with E-state index in [1.54, 1.807) is 0 Å². The van der Waals surface area contributed by atoms with E-state index < -0.39 is 0 Å². The summed E-state index contributed by atoms with van der Waals surface area (Å²) in [5.41, 5.74) is 2.37. The van der Waals surface area contributed by atoms with Crippen molar-refractivity contribution in [1.82, 2.24) is 34.8 Å². The molecule has 0 aliphatic rings. The molecule has 0 aliphatic carbocycles. The topological polar surface area (TPSA) is 76.2 Å². The standard InChI is InChI=1S/C19H34N8S.HI/c1-14(2)18-16(13-26(5)24-18)12-25(4)19(20-9-8-10-28-7)21-11-17-23-22-15(3)27(17)6;/h13-14H,8-12H2,1-7H3,(H,20,21);1H. The number of rotatable bonds is 9. The average molecular weight is 535 g/mol. The fourth-order valence-corrected chi connectivity index (χ4v) is 3.39. The first-order chi connectivity index (χ1) is 13.3. The Morgan fingerprint density at radius 3 is 2.62 bits per heavy atom. The van der Waals surface area contributed by atoms with Crippen molar-refractivity contribution >= 4 is 41.7 Å². The quantitative estimate of drug-likeness (QED) is 0.231. The molecule has 0 aliphatic heterocycles. The molecular weight excluding hydrogens is 499 g/mol. The minimum atomic E-state index is 0. The number of hydrogen-bond acceptors (Lipinski definition) is 5. The van der Waals surface area contributed by atoms with E-state index in [1.165, 1.54) is 5.56 Å². The van der Waals surface area contributed by atoms with Crippen LogP contribution >= 0.6 is 35.7 Å². The summed E-state index contributed by atoms with van der Waals surface area (Å²) < 4.78 is 3.87. The predicted molar refractivity (Wildman–Crippen MR) is 132 cm³/mol. The van der Waals surface area contributed by atoms with E-state index >= 15 is 0 Å². The molecule has 2 aromatic heterocycles. The fraction of sp³-hybridized carbons (Fsp3) is 0.684. The number of hydrogen-bond donors (Lipinski definition) is 1. The zero-order valence-electron chi connectivity index (χ0n) is 18.6. The van der Waals surface area contributed by atoms with Gasteiger partial charge in [0.05, 0.1) is 5.69 Å². The Morgan fingerprint density at radius 1 is 1.31 bits per heavy atom. The molecule has 29 heavy (non-hydrogen) atoms. The van der Waals surface area contributed by atoms with Gasteiger partial charge in [0.25, 0.3) is 0 Å². The Morgan fingerprint density at radius 2 is 2.03 bits per heavy atom. The van der Waals surface area contributed by atoms with Crippen LogP contribution in [-0.4, -0.2) is 61.0 Å². The van der Waals surface area contributed by atoms with Crippen LogP contribution in [0.25, 0.3) is 0 Å². The van der Waals surface area contributed by atoms with Crippen LogP contribution < -0.4 is 5.32 Å². The summed E-state index contributed by atoms with van der Waals surface area (Å²) in [5, 5.41) is 16.5. The maximum atomic E-state index is 4.82. The molecule has 164 valence electrons. The third-order valence-corrected chi connectivity index (χ3v) is 5.31. The van der Waals surface area contributed by atoms with Gasteiger partial charge in [-0.1, -0.05) is 13.8 Å². The molecular formula is C19H35IN8S. The second-order valence-electron chi connectivity index (χ2n) is 7.36. The van der Waals surface area contributed by atoms with E-state index in [-0.39, 0.29) is 24.0 Å². The smallest absolute Gasteiger partial charge is 0.194 e. The van der Waals surface area contributed by atoms with E-state index in [0.717, 1.165) is 48.6 Å². The second-order valence-corrected chi connectivity index (χ2v) is 8.35. The van der Waals surface area contributed by atoms with Crippen LogP contribution in [0.2, 0.25) is 0 Å². The summed E-state index contributed by atoms with van der Waals surface area (Å²) in [7, 11) is 6.01. The van der Waals surface area contributed by atoms with Gasteiger partial charge < -0.3 is 14.8 Å². The molecule has 10 heteroatoms. The van der Waals surface area contributed by atoms with Crippen molar-refractivity contribution in [2.75, 3.05) is 25.6 Å². The van der Waals surface area contributed by atoms with Crippen molar-refractivity contribution in [1.29, 1.82) is 0 Å². The van der Waals surface area contributed by atoms with Gasteiger partial charge >= 0.3 is 0 Å². The van der Waals surface area contributed by atoms with Crippen LogP contribution in [0.5, 0.6) is 0 Å². The van der Waals surface area contributed by atoms with Crippen LogP contribution in [0, 0.1) is 6.92 Å². The Labute approximate surface area is 196 Å². The van der Waals surface area contributed by atoms with Gasteiger partial charge in [0.1, 0.15) is 12.4 Å². The van der Waals surface area contributed by atoms with E-state index in [1.807, 2.05) is 42.0 Å². The molecule has 8 nitrogen and oxygen atoms in total. The summed E-state index contributed by atoms with van der Waals surface area (Å²) in [6.45, 7) is 8.45. The third kappa shape index (κ3) is 7.47. The maximum Gasteiger partial charge on any atom is 0.194 e. The van der Waals surface area contributed by atoms with Gasteiger partial charge in [-0.2, -0.15) is 16.9 Å². The van der Waals surface area contributed by atoms with Crippen LogP contribution in [0.1, 0.15) is 49.1 Å². The summed E-state index contributed by atoms with van der Waals surface area (Å²) in [6.07, 6.45) is 5.33. The molecule has 0 fully saturated rings. The predicted octanol–water partition coefficient (Wildman–Crippen LogP) is 2.93. The third-order valence-electron chi connectivity index (χ3n) is 4.61. The van der Waals surface area contributed by atoms with E-state index in [2.05, 4.69) is 58.9 Å². The highest BCUT2D eigenvalue weighted by Crippen LogP contribution is 2.18. The number of guanidine groups is 1. The molecule has 0 unspecified atom stereocenters. The van der Waals surface area contributed by atoms with Crippen molar-refractivity contribution in [3.05, 3.63) is 29.1 Å². The highest BCUT2D eigenvalue weighted by atomic mass is 127. The lowest BCUT2D eigenvalue weighted by atomic mass is 10.1. The molecule has 0 saturated carbocycles. The number of nitrogens with zero attached hydrogens (tertiary/aromatic N) is 7. The largest absolute Gasteiger partial charge is 0.356 e. The first-order valence-corrected chi connectivity index (χ1v) is 11.1. The summed E-state index contributed by atoms with van der Waals surface area (Å²) in [4.78, 5) is 6.98. The second kappa shape index (κ2) is 12.4. The van der Waals surface area contributed by atoms with Gasteiger partial charge in [0.2, 0.25) is 0 Å². The zero-order valence-corrected chi connectivity index (χ0v) is 21.8. The van der Waals surface area contributed by atoms with E-state index in [9.17, 15) is 0 Å². The zero-order chi connectivity index (χ0) is 20.7. The van der Waals surface area contributed by atoms with Gasteiger partial charge in [0, 0.05) is 46.0 Å². The van der Waals surface area contributed by atoms with Gasteiger partial charge in [-0.05, 0) is 31.3 Å². The summed E-state index contributed by atoms with van der Waals surface area (Å²) in [6, 6.07) is 0. The van der Waals surface area contributed by atoms with Gasteiger partial charge in [0.15, 0.2) is 11.8 Å². The minimum Gasteiger partial charge on any atom is -0.356 e. The maximum absolute atomic E-state index is 4.82. The van der Waals surface area contributed by atoms with Gasteiger partial charge in [-0.25, -0.2) is 4.99 Å². The number of aryl methyl sites for hydroxylation is 2. The number of aromatic nitrogens is 5. The lowest BCUT2D eigenvalue weighted by molar-refractivity contribution is 0.470. The van der Waals surface area contributed by atoms with E-state index in [0.29, 0.717) is 12.5 Å². The molecule has 0 radical (unpaired) electrons. The highest BCUT2D eigenvalue weighted by Gasteiger charge is 2.15. The van der Waals surface area contributed by atoms with Crippen LogP contribution in [0.15, 0.2) is 11.2 Å². The summed E-state index contributed by atoms with van der Waals surface area (Å²) >= 11 is 1.86. The Hall–Kier alpha value is -1.30. The molecule has 0 bridgehead atoms.